The Bertz CT molecular complexity index is 291. The lowest BCUT2D eigenvalue weighted by atomic mass is 9.95. The van der Waals surface area contributed by atoms with Crippen LogP contribution in [0.1, 0.15) is 42.5 Å². The lowest BCUT2D eigenvalue weighted by molar-refractivity contribution is 0.539. The number of hydrogen-bond donors (Lipinski definition) is 1. The van der Waals surface area contributed by atoms with E-state index in [1.807, 2.05) is 7.05 Å². The summed E-state index contributed by atoms with van der Waals surface area (Å²) in [4.78, 5) is 0. The van der Waals surface area contributed by atoms with Crippen molar-refractivity contribution in [2.75, 3.05) is 7.05 Å². The van der Waals surface area contributed by atoms with E-state index in [0.717, 1.165) is 0 Å². The molecular formula is C13H21N. The standard InChI is InChI=1S/C13H21N/c1-5-7-13(14-4)12-9-6-8-10(2)11(12)3/h6,8-9,13-14H,5,7H2,1-4H3. The Hall–Kier alpha value is -0.820. The largest absolute Gasteiger partial charge is 0.313 e. The first-order valence-electron chi connectivity index (χ1n) is 5.44. The molecule has 78 valence electrons. The topological polar surface area (TPSA) is 12.0 Å². The minimum atomic E-state index is 0.514. The van der Waals surface area contributed by atoms with Gasteiger partial charge in [0.25, 0.3) is 0 Å². The second-order valence-corrected chi connectivity index (χ2v) is 3.92. The Balaban J connectivity index is 2.97. The molecule has 0 saturated carbocycles. The molecule has 1 rings (SSSR count). The average molecular weight is 191 g/mol. The summed E-state index contributed by atoms with van der Waals surface area (Å²) in [5.74, 6) is 0. The Morgan fingerprint density at radius 1 is 1.29 bits per heavy atom. The molecule has 0 aliphatic heterocycles. The van der Waals surface area contributed by atoms with E-state index in [0.29, 0.717) is 6.04 Å². The van der Waals surface area contributed by atoms with Gasteiger partial charge in [0.15, 0.2) is 0 Å². The zero-order valence-electron chi connectivity index (χ0n) is 9.72. The predicted molar refractivity (Wildman–Crippen MR) is 62.6 cm³/mol. The van der Waals surface area contributed by atoms with Crippen LogP contribution >= 0.6 is 0 Å². The lowest BCUT2D eigenvalue weighted by Gasteiger charge is -2.19. The van der Waals surface area contributed by atoms with Crippen LogP contribution in [0.4, 0.5) is 0 Å². The first-order chi connectivity index (χ1) is 6.70. The summed E-state index contributed by atoms with van der Waals surface area (Å²) in [6.07, 6.45) is 2.43. The molecule has 1 heteroatoms. The van der Waals surface area contributed by atoms with Gasteiger partial charge in [-0.3, -0.25) is 0 Å². The van der Waals surface area contributed by atoms with Gasteiger partial charge in [0.05, 0.1) is 0 Å². The van der Waals surface area contributed by atoms with Crippen molar-refractivity contribution in [3.8, 4) is 0 Å². The molecule has 0 aromatic heterocycles. The van der Waals surface area contributed by atoms with Crippen LogP contribution in [0.15, 0.2) is 18.2 Å². The molecule has 1 atom stereocenters. The van der Waals surface area contributed by atoms with E-state index in [1.165, 1.54) is 29.5 Å². The fraction of sp³-hybridized carbons (Fsp3) is 0.538. The van der Waals surface area contributed by atoms with E-state index in [9.17, 15) is 0 Å². The highest BCUT2D eigenvalue weighted by atomic mass is 14.9. The second-order valence-electron chi connectivity index (χ2n) is 3.92. The van der Waals surface area contributed by atoms with Crippen LogP contribution in [0.2, 0.25) is 0 Å². The minimum absolute atomic E-state index is 0.514. The van der Waals surface area contributed by atoms with Gasteiger partial charge in [-0.1, -0.05) is 31.5 Å². The van der Waals surface area contributed by atoms with Crippen molar-refractivity contribution >= 4 is 0 Å². The molecule has 1 aromatic carbocycles. The van der Waals surface area contributed by atoms with Crippen molar-refractivity contribution in [1.29, 1.82) is 0 Å². The summed E-state index contributed by atoms with van der Waals surface area (Å²) < 4.78 is 0. The molecule has 0 heterocycles. The Morgan fingerprint density at radius 2 is 2.00 bits per heavy atom. The Kier molecular flexibility index (Phi) is 4.15. The molecule has 0 aliphatic rings. The summed E-state index contributed by atoms with van der Waals surface area (Å²) in [5.41, 5.74) is 4.27. The number of nitrogens with one attached hydrogen (secondary N) is 1. The van der Waals surface area contributed by atoms with Gasteiger partial charge in [-0.15, -0.1) is 0 Å². The fourth-order valence-corrected chi connectivity index (χ4v) is 1.90. The van der Waals surface area contributed by atoms with Crippen molar-refractivity contribution < 1.29 is 0 Å². The van der Waals surface area contributed by atoms with E-state index in [1.54, 1.807) is 0 Å². The molecular weight excluding hydrogens is 170 g/mol. The van der Waals surface area contributed by atoms with Crippen molar-refractivity contribution in [3.63, 3.8) is 0 Å². The van der Waals surface area contributed by atoms with Crippen LogP contribution < -0.4 is 5.32 Å². The molecule has 1 nitrogen and oxygen atoms in total. The van der Waals surface area contributed by atoms with E-state index < -0.39 is 0 Å². The predicted octanol–water partition coefficient (Wildman–Crippen LogP) is 3.36. The zero-order chi connectivity index (χ0) is 10.6. The second kappa shape index (κ2) is 5.16. The normalized spacial score (nSPS) is 12.9. The molecule has 0 aliphatic carbocycles. The van der Waals surface area contributed by atoms with Gasteiger partial charge in [0, 0.05) is 6.04 Å². The van der Waals surface area contributed by atoms with Crippen molar-refractivity contribution in [2.45, 2.75) is 39.7 Å². The maximum absolute atomic E-state index is 3.39. The highest BCUT2D eigenvalue weighted by Crippen LogP contribution is 2.23. The van der Waals surface area contributed by atoms with E-state index in [2.05, 4.69) is 44.3 Å². The molecule has 0 amide bonds. The summed E-state index contributed by atoms with van der Waals surface area (Å²) in [6.45, 7) is 6.62. The third-order valence-electron chi connectivity index (χ3n) is 2.95. The quantitative estimate of drug-likeness (QED) is 0.769. The summed E-state index contributed by atoms with van der Waals surface area (Å²) >= 11 is 0. The first kappa shape index (κ1) is 11.3. The molecule has 0 bridgehead atoms. The zero-order valence-corrected chi connectivity index (χ0v) is 9.72. The van der Waals surface area contributed by atoms with E-state index in [4.69, 9.17) is 0 Å². The number of aryl methyl sites for hydroxylation is 1. The molecule has 0 saturated heterocycles. The third kappa shape index (κ3) is 2.36. The van der Waals surface area contributed by atoms with E-state index in [-0.39, 0.29) is 0 Å². The van der Waals surface area contributed by atoms with Gasteiger partial charge in [0.1, 0.15) is 0 Å². The van der Waals surface area contributed by atoms with Crippen LogP contribution in [0.3, 0.4) is 0 Å². The first-order valence-corrected chi connectivity index (χ1v) is 5.44. The molecule has 1 aromatic rings. The van der Waals surface area contributed by atoms with Crippen molar-refractivity contribution in [1.82, 2.24) is 5.32 Å². The molecule has 0 radical (unpaired) electrons. The van der Waals surface area contributed by atoms with Gasteiger partial charge in [-0.05, 0) is 44.0 Å². The molecule has 0 fully saturated rings. The highest BCUT2D eigenvalue weighted by Gasteiger charge is 2.10. The SMILES string of the molecule is CCCC(NC)c1cccc(C)c1C. The molecule has 0 spiro atoms. The fourth-order valence-electron chi connectivity index (χ4n) is 1.90. The number of hydrogen-bond acceptors (Lipinski definition) is 1. The maximum Gasteiger partial charge on any atom is 0.0320 e. The summed E-state index contributed by atoms with van der Waals surface area (Å²) in [7, 11) is 2.04. The smallest absolute Gasteiger partial charge is 0.0320 e. The van der Waals surface area contributed by atoms with Crippen LogP contribution in [-0.2, 0) is 0 Å². The molecule has 14 heavy (non-hydrogen) atoms. The number of rotatable bonds is 4. The van der Waals surface area contributed by atoms with E-state index >= 15 is 0 Å². The van der Waals surface area contributed by atoms with Gasteiger partial charge < -0.3 is 5.32 Å². The highest BCUT2D eigenvalue weighted by molar-refractivity contribution is 5.35. The third-order valence-corrected chi connectivity index (χ3v) is 2.95. The number of benzene rings is 1. The van der Waals surface area contributed by atoms with Crippen molar-refractivity contribution in [2.24, 2.45) is 0 Å². The van der Waals surface area contributed by atoms with Gasteiger partial charge >= 0.3 is 0 Å². The van der Waals surface area contributed by atoms with Crippen LogP contribution in [-0.4, -0.2) is 7.05 Å². The monoisotopic (exact) mass is 191 g/mol. The minimum Gasteiger partial charge on any atom is -0.313 e. The van der Waals surface area contributed by atoms with Crippen LogP contribution in [0.25, 0.3) is 0 Å². The Morgan fingerprint density at radius 3 is 2.57 bits per heavy atom. The lowest BCUT2D eigenvalue weighted by Crippen LogP contribution is -2.17. The van der Waals surface area contributed by atoms with Gasteiger partial charge in [0.2, 0.25) is 0 Å². The molecule has 1 unspecified atom stereocenters. The van der Waals surface area contributed by atoms with Gasteiger partial charge in [-0.25, -0.2) is 0 Å². The average Bonchev–Trinajstić information content (AvgIpc) is 2.19. The maximum atomic E-state index is 3.39. The van der Waals surface area contributed by atoms with Crippen molar-refractivity contribution in [3.05, 3.63) is 34.9 Å². The summed E-state index contributed by atoms with van der Waals surface area (Å²) in [6, 6.07) is 7.08. The van der Waals surface area contributed by atoms with Crippen LogP contribution in [0.5, 0.6) is 0 Å². The van der Waals surface area contributed by atoms with Crippen LogP contribution in [0, 0.1) is 13.8 Å². The Labute approximate surface area is 87.5 Å². The molecule has 1 N–H and O–H groups in total. The van der Waals surface area contributed by atoms with Gasteiger partial charge in [-0.2, -0.15) is 0 Å². The summed E-state index contributed by atoms with van der Waals surface area (Å²) in [5, 5.41) is 3.39.